The fraction of sp³-hybridized carbons (Fsp3) is 0.127. The van der Waals surface area contributed by atoms with E-state index in [0.717, 1.165) is 11.4 Å². The highest BCUT2D eigenvalue weighted by molar-refractivity contribution is 5.99. The fourth-order valence-corrected chi connectivity index (χ4v) is 10.8. The number of rotatable bonds is 4. The van der Waals surface area contributed by atoms with Crippen molar-refractivity contribution < 1.29 is 0 Å². The first-order valence-corrected chi connectivity index (χ1v) is 19.9. The normalized spacial score (nSPS) is 15.6. The van der Waals surface area contributed by atoms with E-state index in [9.17, 15) is 0 Å². The molecule has 0 radical (unpaired) electrons. The Kier molecular flexibility index (Phi) is 6.93. The first kappa shape index (κ1) is 32.9. The van der Waals surface area contributed by atoms with E-state index in [2.05, 4.69) is 221 Å². The van der Waals surface area contributed by atoms with Gasteiger partial charge in [-0.2, -0.15) is 0 Å². The molecule has 1 spiro atoms. The summed E-state index contributed by atoms with van der Waals surface area (Å²) in [6.07, 6.45) is 0. The van der Waals surface area contributed by atoms with Crippen molar-refractivity contribution in [1.82, 2.24) is 0 Å². The largest absolute Gasteiger partial charge is 0.310 e. The smallest absolute Gasteiger partial charge is 0.0720 e. The van der Waals surface area contributed by atoms with Crippen LogP contribution in [0.25, 0.3) is 33.4 Å². The molecule has 8 aromatic rings. The zero-order chi connectivity index (χ0) is 37.8. The molecule has 1 nitrogen and oxygen atoms in total. The van der Waals surface area contributed by atoms with Gasteiger partial charge in [-0.25, -0.2) is 0 Å². The summed E-state index contributed by atoms with van der Waals surface area (Å²) in [5.74, 6) is 0. The van der Waals surface area contributed by atoms with E-state index in [0.29, 0.717) is 0 Å². The van der Waals surface area contributed by atoms with Gasteiger partial charge in [-0.3, -0.25) is 0 Å². The van der Waals surface area contributed by atoms with Crippen LogP contribution < -0.4 is 4.90 Å². The van der Waals surface area contributed by atoms with E-state index < -0.39 is 5.41 Å². The van der Waals surface area contributed by atoms with Gasteiger partial charge in [-0.15, -0.1) is 0 Å². The molecule has 0 amide bonds. The van der Waals surface area contributed by atoms with Crippen LogP contribution in [-0.4, -0.2) is 0 Å². The van der Waals surface area contributed by atoms with Crippen molar-refractivity contribution in [3.8, 4) is 33.4 Å². The molecule has 0 fully saturated rings. The highest BCUT2D eigenvalue weighted by Crippen LogP contribution is 2.64. The number of hydrogen-bond donors (Lipinski definition) is 0. The summed E-state index contributed by atoms with van der Waals surface area (Å²) < 4.78 is 0. The Labute approximate surface area is 330 Å². The van der Waals surface area contributed by atoms with Gasteiger partial charge >= 0.3 is 0 Å². The third kappa shape index (κ3) is 4.32. The SMILES string of the molecule is CC1(C)c2ccccc2-c2ccc(N(c3ccc(-c4ccccc4)cc3)c3cccc4c3-c3ccccc3C43c4ccccc4C(C)(C)c4ccccc43)cc21. The van der Waals surface area contributed by atoms with E-state index in [4.69, 9.17) is 0 Å². The summed E-state index contributed by atoms with van der Waals surface area (Å²) in [6.45, 7) is 9.54. The molecule has 3 aliphatic carbocycles. The van der Waals surface area contributed by atoms with E-state index in [1.807, 2.05) is 0 Å². The Morgan fingerprint density at radius 1 is 0.321 bits per heavy atom. The van der Waals surface area contributed by atoms with Crippen LogP contribution >= 0.6 is 0 Å². The molecule has 8 aromatic carbocycles. The molecule has 0 saturated heterocycles. The topological polar surface area (TPSA) is 3.24 Å². The zero-order valence-electron chi connectivity index (χ0n) is 32.3. The number of benzene rings is 8. The number of fused-ring (bicyclic) bond motifs is 12. The van der Waals surface area contributed by atoms with Crippen molar-refractivity contribution >= 4 is 17.1 Å². The quantitative estimate of drug-likeness (QED) is 0.175. The molecule has 268 valence electrons. The standard InChI is InChI=1S/C55H43N/c1-53(2)43-21-10-8-19-40(43)41-34-33-39(35-50(41)53)56(38-31-29-37(30-32-38)36-17-6-5-7-18-36)51-28-16-27-49-52(51)42-20-9-11-22-44(42)55(49)47-25-14-12-23-45(47)54(3,4)46-24-13-15-26-48(46)55/h5-35H,1-4H3. The van der Waals surface area contributed by atoms with Gasteiger partial charge in [0.15, 0.2) is 0 Å². The van der Waals surface area contributed by atoms with Gasteiger partial charge in [0.05, 0.1) is 11.1 Å². The predicted octanol–water partition coefficient (Wildman–Crippen LogP) is 14.1. The van der Waals surface area contributed by atoms with Crippen molar-refractivity contribution in [2.45, 2.75) is 43.9 Å². The molecule has 1 heteroatoms. The summed E-state index contributed by atoms with van der Waals surface area (Å²) >= 11 is 0. The van der Waals surface area contributed by atoms with Gasteiger partial charge in [0.2, 0.25) is 0 Å². The van der Waals surface area contributed by atoms with Crippen molar-refractivity contribution in [2.24, 2.45) is 0 Å². The zero-order valence-corrected chi connectivity index (χ0v) is 32.3. The van der Waals surface area contributed by atoms with Crippen molar-refractivity contribution in [1.29, 1.82) is 0 Å². The lowest BCUT2D eigenvalue weighted by atomic mass is 9.55. The predicted molar refractivity (Wildman–Crippen MR) is 234 cm³/mol. The maximum Gasteiger partial charge on any atom is 0.0720 e. The highest BCUT2D eigenvalue weighted by Gasteiger charge is 2.54. The van der Waals surface area contributed by atoms with Crippen LogP contribution in [0.1, 0.15) is 72.2 Å². The summed E-state index contributed by atoms with van der Waals surface area (Å²) in [4.78, 5) is 2.52. The number of hydrogen-bond acceptors (Lipinski definition) is 1. The summed E-state index contributed by atoms with van der Waals surface area (Å²) in [7, 11) is 0. The third-order valence-corrected chi connectivity index (χ3v) is 13.4. The maximum atomic E-state index is 2.52. The molecule has 0 saturated carbocycles. The Bertz CT molecular complexity index is 2810. The molecule has 56 heavy (non-hydrogen) atoms. The Morgan fingerprint density at radius 2 is 0.804 bits per heavy atom. The van der Waals surface area contributed by atoms with Gasteiger partial charge < -0.3 is 4.90 Å². The van der Waals surface area contributed by atoms with Crippen LogP contribution in [0.2, 0.25) is 0 Å². The van der Waals surface area contributed by atoms with Crippen molar-refractivity contribution in [3.05, 3.63) is 233 Å². The molecule has 0 heterocycles. The second-order valence-corrected chi connectivity index (χ2v) is 16.9. The van der Waals surface area contributed by atoms with Crippen LogP contribution in [0.4, 0.5) is 17.1 Å². The molecule has 0 unspecified atom stereocenters. The maximum absolute atomic E-state index is 2.52. The van der Waals surface area contributed by atoms with Crippen LogP contribution in [-0.2, 0) is 16.2 Å². The monoisotopic (exact) mass is 717 g/mol. The lowest BCUT2D eigenvalue weighted by molar-refractivity contribution is 0.563. The molecule has 3 aliphatic rings. The van der Waals surface area contributed by atoms with Gasteiger partial charge in [-0.05, 0) is 103 Å². The van der Waals surface area contributed by atoms with Crippen molar-refractivity contribution in [2.75, 3.05) is 4.90 Å². The average Bonchev–Trinajstić information content (AvgIpc) is 3.67. The fourth-order valence-electron chi connectivity index (χ4n) is 10.8. The minimum Gasteiger partial charge on any atom is -0.310 e. The minimum absolute atomic E-state index is 0.123. The number of anilines is 3. The molecule has 0 aromatic heterocycles. The van der Waals surface area contributed by atoms with Crippen molar-refractivity contribution in [3.63, 3.8) is 0 Å². The van der Waals surface area contributed by atoms with E-state index >= 15 is 0 Å². The third-order valence-electron chi connectivity index (χ3n) is 13.4. The molecule has 0 N–H and O–H groups in total. The first-order chi connectivity index (χ1) is 27.3. The van der Waals surface area contributed by atoms with E-state index in [-0.39, 0.29) is 10.8 Å². The highest BCUT2D eigenvalue weighted by atomic mass is 15.1. The van der Waals surface area contributed by atoms with Gasteiger partial charge in [0.1, 0.15) is 0 Å². The Balaban J connectivity index is 1.20. The minimum atomic E-state index is -0.463. The molecular weight excluding hydrogens is 675 g/mol. The molecule has 11 rings (SSSR count). The Hall–Kier alpha value is -6.44. The summed E-state index contributed by atoms with van der Waals surface area (Å²) in [5, 5.41) is 0. The van der Waals surface area contributed by atoms with Crippen LogP contribution in [0.3, 0.4) is 0 Å². The summed E-state index contributed by atoms with van der Waals surface area (Å²) in [6, 6.07) is 70.6. The molecule has 0 bridgehead atoms. The second-order valence-electron chi connectivity index (χ2n) is 16.9. The Morgan fingerprint density at radius 3 is 1.48 bits per heavy atom. The lowest BCUT2D eigenvalue weighted by Crippen LogP contribution is -2.40. The van der Waals surface area contributed by atoms with E-state index in [1.54, 1.807) is 0 Å². The van der Waals surface area contributed by atoms with Crippen LogP contribution in [0, 0.1) is 0 Å². The van der Waals surface area contributed by atoms with E-state index in [1.165, 1.54) is 83.6 Å². The van der Waals surface area contributed by atoms with Gasteiger partial charge in [0, 0.05) is 27.8 Å². The summed E-state index contributed by atoms with van der Waals surface area (Å²) in [5.41, 5.74) is 21.4. The average molecular weight is 718 g/mol. The molecule has 0 atom stereocenters. The van der Waals surface area contributed by atoms with Crippen LogP contribution in [0.15, 0.2) is 188 Å². The first-order valence-electron chi connectivity index (χ1n) is 19.9. The number of nitrogens with zero attached hydrogens (tertiary/aromatic N) is 1. The van der Waals surface area contributed by atoms with Gasteiger partial charge in [0.25, 0.3) is 0 Å². The van der Waals surface area contributed by atoms with Crippen LogP contribution in [0.5, 0.6) is 0 Å². The molecule has 0 aliphatic heterocycles. The lowest BCUT2D eigenvalue weighted by Gasteiger charge is -2.46. The molecular formula is C55H43N. The second kappa shape index (κ2) is 11.8. The van der Waals surface area contributed by atoms with Gasteiger partial charge in [-0.1, -0.05) is 185 Å².